The Bertz CT molecular complexity index is 430. The fourth-order valence-electron chi connectivity index (χ4n) is 1.92. The number of aryl methyl sites for hydroxylation is 2. The zero-order valence-electron chi connectivity index (χ0n) is 6.79. The summed E-state index contributed by atoms with van der Waals surface area (Å²) in [6.07, 6.45) is 6.08. The molecule has 1 nitrogen and oxygen atoms in total. The number of nitrogens with zero attached hydrogens (tertiary/aromatic N) is 1. The summed E-state index contributed by atoms with van der Waals surface area (Å²) in [6.45, 7) is 0. The summed E-state index contributed by atoms with van der Waals surface area (Å²) in [5.74, 6) is 0. The summed E-state index contributed by atoms with van der Waals surface area (Å²) >= 11 is 1.95. The largest absolute Gasteiger partial charge is 0.267 e. The summed E-state index contributed by atoms with van der Waals surface area (Å²) in [6, 6.07) is 6.42. The van der Waals surface area contributed by atoms with E-state index in [0.29, 0.717) is 0 Å². The van der Waals surface area contributed by atoms with Gasteiger partial charge in [-0.2, -0.15) is 4.40 Å². The van der Waals surface area contributed by atoms with Crippen LogP contribution in [0.4, 0.5) is 0 Å². The summed E-state index contributed by atoms with van der Waals surface area (Å²) in [4.78, 5) is 2.99. The maximum Gasteiger partial charge on any atom is 0.267 e. The molecule has 0 atom stereocenters. The molecule has 12 heavy (non-hydrogen) atoms. The van der Waals surface area contributed by atoms with Gasteiger partial charge in [-0.15, -0.1) is 0 Å². The van der Waals surface area contributed by atoms with Crippen molar-refractivity contribution in [3.63, 3.8) is 0 Å². The van der Waals surface area contributed by atoms with E-state index < -0.39 is 0 Å². The lowest BCUT2D eigenvalue weighted by Gasteiger charge is -1.83. The number of aromatic nitrogens is 1. The minimum absolute atomic E-state index is 1.27. The normalized spacial score (nSPS) is 15.3. The summed E-state index contributed by atoms with van der Waals surface area (Å²) in [5.41, 5.74) is 1.55. The van der Waals surface area contributed by atoms with E-state index in [2.05, 4.69) is 28.8 Å². The first-order valence-corrected chi connectivity index (χ1v) is 5.18. The molecule has 2 heteroatoms. The molecule has 0 saturated carbocycles. The van der Waals surface area contributed by atoms with Crippen LogP contribution in [-0.2, 0) is 12.8 Å². The Hall–Kier alpha value is -0.890. The minimum atomic E-state index is 1.27. The quantitative estimate of drug-likeness (QED) is 0.540. The Morgan fingerprint density at radius 1 is 1.25 bits per heavy atom. The molecule has 1 aliphatic carbocycles. The Balaban J connectivity index is 2.44. The molecule has 0 aromatic carbocycles. The molecular formula is C10H10NS+. The van der Waals surface area contributed by atoms with E-state index in [1.54, 1.807) is 10.6 Å². The highest BCUT2D eigenvalue weighted by Gasteiger charge is 2.24. The number of thiazole rings is 1. The molecule has 0 N–H and O–H groups in total. The van der Waals surface area contributed by atoms with Gasteiger partial charge < -0.3 is 0 Å². The Morgan fingerprint density at radius 3 is 3.25 bits per heavy atom. The lowest BCUT2D eigenvalue weighted by molar-refractivity contribution is -0.516. The minimum Gasteiger partial charge on any atom is -0.154 e. The van der Waals surface area contributed by atoms with Crippen molar-refractivity contribution >= 4 is 16.2 Å². The van der Waals surface area contributed by atoms with Gasteiger partial charge in [0.25, 0.3) is 4.83 Å². The van der Waals surface area contributed by atoms with E-state index >= 15 is 0 Å². The number of hydrogen-bond donors (Lipinski definition) is 0. The maximum atomic E-state index is 2.34. The van der Waals surface area contributed by atoms with Gasteiger partial charge in [-0.1, -0.05) is 11.3 Å². The topological polar surface area (TPSA) is 4.10 Å². The van der Waals surface area contributed by atoms with Crippen molar-refractivity contribution < 1.29 is 4.40 Å². The standard InChI is InChI=1S/C10H10NS/c1-2-7-11-8-4-3-5-9(8)12-10(11)6-1/h1-2,6-7H,3-5H2/q+1. The second-order valence-electron chi connectivity index (χ2n) is 3.23. The Morgan fingerprint density at radius 2 is 2.25 bits per heavy atom. The summed E-state index contributed by atoms with van der Waals surface area (Å²) in [5, 5.41) is 0. The van der Waals surface area contributed by atoms with E-state index in [1.807, 2.05) is 11.3 Å². The van der Waals surface area contributed by atoms with Crippen LogP contribution in [0.5, 0.6) is 0 Å². The number of hydrogen-bond acceptors (Lipinski definition) is 1. The molecule has 2 heterocycles. The van der Waals surface area contributed by atoms with Crippen LogP contribution in [0.25, 0.3) is 4.83 Å². The molecule has 2 aromatic rings. The lowest BCUT2D eigenvalue weighted by Crippen LogP contribution is -2.22. The van der Waals surface area contributed by atoms with Gasteiger partial charge in [0.2, 0.25) is 5.69 Å². The molecule has 0 bridgehead atoms. The van der Waals surface area contributed by atoms with Crippen LogP contribution in [-0.4, -0.2) is 0 Å². The zero-order chi connectivity index (χ0) is 7.97. The molecule has 0 saturated heterocycles. The molecule has 0 spiro atoms. The fraction of sp³-hybridized carbons (Fsp3) is 0.300. The molecule has 0 unspecified atom stereocenters. The van der Waals surface area contributed by atoms with Crippen LogP contribution < -0.4 is 4.40 Å². The van der Waals surface area contributed by atoms with Gasteiger partial charge in [-0.25, -0.2) is 0 Å². The Kier molecular flexibility index (Phi) is 1.27. The lowest BCUT2D eigenvalue weighted by atomic mass is 10.3. The third-order valence-electron chi connectivity index (χ3n) is 2.48. The smallest absolute Gasteiger partial charge is 0.154 e. The van der Waals surface area contributed by atoms with Gasteiger partial charge in [0.05, 0.1) is 4.88 Å². The predicted octanol–water partition coefficient (Wildman–Crippen LogP) is 1.98. The second kappa shape index (κ2) is 2.30. The van der Waals surface area contributed by atoms with Gasteiger partial charge in [-0.3, -0.25) is 0 Å². The molecule has 0 fully saturated rings. The third-order valence-corrected chi connectivity index (χ3v) is 3.71. The van der Waals surface area contributed by atoms with E-state index in [4.69, 9.17) is 0 Å². The first kappa shape index (κ1) is 6.61. The van der Waals surface area contributed by atoms with Gasteiger partial charge in [-0.05, 0) is 18.9 Å². The van der Waals surface area contributed by atoms with Crippen molar-refractivity contribution in [2.75, 3.05) is 0 Å². The summed E-state index contributed by atoms with van der Waals surface area (Å²) in [7, 11) is 0. The molecular weight excluding hydrogens is 166 g/mol. The monoisotopic (exact) mass is 176 g/mol. The molecule has 0 radical (unpaired) electrons. The van der Waals surface area contributed by atoms with E-state index in [9.17, 15) is 0 Å². The van der Waals surface area contributed by atoms with E-state index in [0.717, 1.165) is 0 Å². The van der Waals surface area contributed by atoms with Gasteiger partial charge in [0.1, 0.15) is 0 Å². The first-order chi connectivity index (χ1) is 5.95. The van der Waals surface area contributed by atoms with Crippen LogP contribution in [0, 0.1) is 0 Å². The van der Waals surface area contributed by atoms with Crippen molar-refractivity contribution in [3.05, 3.63) is 35.0 Å². The number of fused-ring (bicyclic) bond motifs is 3. The van der Waals surface area contributed by atoms with Crippen LogP contribution in [0.1, 0.15) is 17.0 Å². The SMILES string of the molecule is c1cc[n+]2c3c(sc2c1)CCC3. The van der Waals surface area contributed by atoms with Crippen LogP contribution in [0.15, 0.2) is 24.4 Å². The average Bonchev–Trinajstić information content (AvgIpc) is 2.62. The fourth-order valence-corrected chi connectivity index (χ4v) is 3.16. The molecule has 3 rings (SSSR count). The van der Waals surface area contributed by atoms with Gasteiger partial charge in [0, 0.05) is 18.6 Å². The first-order valence-electron chi connectivity index (χ1n) is 4.36. The van der Waals surface area contributed by atoms with Crippen molar-refractivity contribution in [2.24, 2.45) is 0 Å². The third kappa shape index (κ3) is 0.758. The van der Waals surface area contributed by atoms with E-state index in [1.165, 1.54) is 24.1 Å². The van der Waals surface area contributed by atoms with E-state index in [-0.39, 0.29) is 0 Å². The molecule has 2 aromatic heterocycles. The molecule has 0 aliphatic heterocycles. The highest BCUT2D eigenvalue weighted by atomic mass is 32.1. The Labute approximate surface area is 75.3 Å². The van der Waals surface area contributed by atoms with Crippen LogP contribution in [0.2, 0.25) is 0 Å². The average molecular weight is 176 g/mol. The van der Waals surface area contributed by atoms with Crippen LogP contribution >= 0.6 is 11.3 Å². The van der Waals surface area contributed by atoms with Crippen molar-refractivity contribution in [3.8, 4) is 0 Å². The van der Waals surface area contributed by atoms with Crippen molar-refractivity contribution in [1.29, 1.82) is 0 Å². The summed E-state index contributed by atoms with van der Waals surface area (Å²) < 4.78 is 2.34. The van der Waals surface area contributed by atoms with Crippen LogP contribution in [0.3, 0.4) is 0 Å². The predicted molar refractivity (Wildman–Crippen MR) is 49.5 cm³/mol. The van der Waals surface area contributed by atoms with Gasteiger partial charge in [0.15, 0.2) is 6.20 Å². The number of rotatable bonds is 0. The molecule has 60 valence electrons. The van der Waals surface area contributed by atoms with Crippen molar-refractivity contribution in [2.45, 2.75) is 19.3 Å². The zero-order valence-corrected chi connectivity index (χ0v) is 7.60. The maximum absolute atomic E-state index is 2.34. The second-order valence-corrected chi connectivity index (χ2v) is 4.35. The number of pyridine rings is 1. The molecule has 1 aliphatic rings. The van der Waals surface area contributed by atoms with Gasteiger partial charge >= 0.3 is 0 Å². The molecule has 0 amide bonds. The van der Waals surface area contributed by atoms with Crippen molar-refractivity contribution in [1.82, 2.24) is 0 Å². The highest BCUT2D eigenvalue weighted by Crippen LogP contribution is 2.26. The highest BCUT2D eigenvalue weighted by molar-refractivity contribution is 7.17.